The number of nitrogens with one attached hydrogen (secondary N) is 2. The molecule has 0 aliphatic carbocycles. The van der Waals surface area contributed by atoms with Gasteiger partial charge >= 0.3 is 0 Å². The molecule has 2 N–H and O–H groups in total. The highest BCUT2D eigenvalue weighted by atomic mass is 32.1. The Morgan fingerprint density at radius 2 is 2.05 bits per heavy atom. The molecule has 2 aliphatic rings. The molecule has 1 aromatic carbocycles. The van der Waals surface area contributed by atoms with Crippen LogP contribution in [-0.2, 0) is 11.3 Å². The van der Waals surface area contributed by atoms with Crippen LogP contribution < -0.4 is 10.6 Å². The monoisotopic (exact) mass is 315 g/mol. The minimum atomic E-state index is 0.172. The number of piperidine rings is 1. The fraction of sp³-hybridized carbons (Fsp3) is 0.529. The topological polar surface area (TPSA) is 54.0 Å². The van der Waals surface area contributed by atoms with Crippen molar-refractivity contribution in [2.75, 3.05) is 0 Å². The number of carbonyl (C=O) groups excluding carboxylic acids is 1. The summed E-state index contributed by atoms with van der Waals surface area (Å²) in [6, 6.07) is 9.41. The SMILES string of the molecule is O=C(CC1CC2CCC(C1)N2)NCc1nc2ccccc2s1. The summed E-state index contributed by atoms with van der Waals surface area (Å²) in [4.78, 5) is 16.7. The van der Waals surface area contributed by atoms with Crippen LogP contribution in [-0.4, -0.2) is 23.0 Å². The van der Waals surface area contributed by atoms with Crippen molar-refractivity contribution >= 4 is 27.5 Å². The van der Waals surface area contributed by atoms with Crippen LogP contribution in [0.2, 0.25) is 0 Å². The smallest absolute Gasteiger partial charge is 0.220 e. The van der Waals surface area contributed by atoms with Gasteiger partial charge in [0.15, 0.2) is 0 Å². The number of carbonyl (C=O) groups is 1. The Labute approximate surface area is 134 Å². The van der Waals surface area contributed by atoms with Crippen molar-refractivity contribution in [2.45, 2.75) is 50.7 Å². The standard InChI is InChI=1S/C17H21N3OS/c21-16(9-11-7-12-5-6-13(8-11)19-12)18-10-17-20-14-3-1-2-4-15(14)22-17/h1-4,11-13,19H,5-10H2,(H,18,21). The molecule has 2 atom stereocenters. The number of hydrogen-bond donors (Lipinski definition) is 2. The van der Waals surface area contributed by atoms with E-state index in [0.717, 1.165) is 23.4 Å². The molecule has 0 saturated carbocycles. The number of nitrogens with zero attached hydrogens (tertiary/aromatic N) is 1. The third-order valence-electron chi connectivity index (χ3n) is 4.82. The van der Waals surface area contributed by atoms with Gasteiger partial charge < -0.3 is 10.6 Å². The predicted molar refractivity (Wildman–Crippen MR) is 88.8 cm³/mol. The van der Waals surface area contributed by atoms with Crippen LogP contribution in [0.25, 0.3) is 10.2 Å². The third-order valence-corrected chi connectivity index (χ3v) is 5.86. The molecular formula is C17H21N3OS. The first-order valence-corrected chi connectivity index (χ1v) is 8.95. The van der Waals surface area contributed by atoms with E-state index in [2.05, 4.69) is 21.7 Å². The van der Waals surface area contributed by atoms with Crippen molar-refractivity contribution in [1.29, 1.82) is 0 Å². The summed E-state index contributed by atoms with van der Waals surface area (Å²) < 4.78 is 1.18. The molecule has 2 fully saturated rings. The van der Waals surface area contributed by atoms with Gasteiger partial charge in [0.05, 0.1) is 16.8 Å². The van der Waals surface area contributed by atoms with E-state index < -0.39 is 0 Å². The first-order valence-electron chi connectivity index (χ1n) is 8.13. The fourth-order valence-corrected chi connectivity index (χ4v) is 4.75. The van der Waals surface area contributed by atoms with Gasteiger partial charge in [-0.2, -0.15) is 0 Å². The Kier molecular flexibility index (Phi) is 3.84. The highest BCUT2D eigenvalue weighted by molar-refractivity contribution is 7.18. The summed E-state index contributed by atoms with van der Waals surface area (Å²) in [6.07, 6.45) is 5.55. The van der Waals surface area contributed by atoms with Gasteiger partial charge in [-0.3, -0.25) is 4.79 Å². The molecule has 2 aromatic rings. The molecule has 2 aliphatic heterocycles. The second kappa shape index (κ2) is 5.97. The lowest BCUT2D eigenvalue weighted by Gasteiger charge is -2.28. The van der Waals surface area contributed by atoms with Gasteiger partial charge in [-0.05, 0) is 43.7 Å². The highest BCUT2D eigenvalue weighted by Crippen LogP contribution is 2.32. The molecule has 4 rings (SSSR count). The van der Waals surface area contributed by atoms with Gasteiger partial charge in [-0.25, -0.2) is 4.98 Å². The number of hydrogen-bond acceptors (Lipinski definition) is 4. The van der Waals surface area contributed by atoms with E-state index in [-0.39, 0.29) is 5.91 Å². The van der Waals surface area contributed by atoms with Crippen LogP contribution in [0.15, 0.2) is 24.3 Å². The number of aromatic nitrogens is 1. The van der Waals surface area contributed by atoms with Crippen LogP contribution in [0, 0.1) is 5.92 Å². The van der Waals surface area contributed by atoms with Crippen LogP contribution in [0.4, 0.5) is 0 Å². The van der Waals surface area contributed by atoms with E-state index in [1.807, 2.05) is 18.2 Å². The molecule has 0 spiro atoms. The van der Waals surface area contributed by atoms with Crippen LogP contribution in [0.3, 0.4) is 0 Å². The van der Waals surface area contributed by atoms with E-state index in [4.69, 9.17) is 0 Å². The van der Waals surface area contributed by atoms with Gasteiger partial charge in [0, 0.05) is 18.5 Å². The predicted octanol–water partition coefficient (Wildman–Crippen LogP) is 2.83. The number of benzene rings is 1. The summed E-state index contributed by atoms with van der Waals surface area (Å²) >= 11 is 1.66. The van der Waals surface area contributed by atoms with Gasteiger partial charge in [0.2, 0.25) is 5.91 Å². The zero-order chi connectivity index (χ0) is 14.9. The number of fused-ring (bicyclic) bond motifs is 3. The van der Waals surface area contributed by atoms with Crippen molar-refractivity contribution in [2.24, 2.45) is 5.92 Å². The summed E-state index contributed by atoms with van der Waals surface area (Å²) in [5.74, 6) is 0.722. The normalized spacial score (nSPS) is 27.2. The molecule has 116 valence electrons. The summed E-state index contributed by atoms with van der Waals surface area (Å²) in [5, 5.41) is 7.66. The molecule has 5 heteroatoms. The lowest BCUT2D eigenvalue weighted by atomic mass is 9.89. The molecule has 0 radical (unpaired) electrons. The maximum Gasteiger partial charge on any atom is 0.220 e. The summed E-state index contributed by atoms with van der Waals surface area (Å²) in [5.41, 5.74) is 1.02. The molecule has 1 aromatic heterocycles. The number of rotatable bonds is 4. The Morgan fingerprint density at radius 1 is 1.27 bits per heavy atom. The van der Waals surface area contributed by atoms with Crippen LogP contribution in [0.1, 0.15) is 37.1 Å². The second-order valence-electron chi connectivity index (χ2n) is 6.53. The Balaban J connectivity index is 1.30. The van der Waals surface area contributed by atoms with Crippen molar-refractivity contribution in [3.8, 4) is 0 Å². The zero-order valence-corrected chi connectivity index (χ0v) is 13.4. The van der Waals surface area contributed by atoms with E-state index in [0.29, 0.717) is 31.0 Å². The maximum absolute atomic E-state index is 12.2. The second-order valence-corrected chi connectivity index (χ2v) is 7.65. The van der Waals surface area contributed by atoms with E-state index >= 15 is 0 Å². The summed E-state index contributed by atoms with van der Waals surface area (Å²) in [7, 11) is 0. The Hall–Kier alpha value is -1.46. The third kappa shape index (κ3) is 3.01. The fourth-order valence-electron chi connectivity index (χ4n) is 3.85. The number of amides is 1. The molecule has 3 heterocycles. The van der Waals surface area contributed by atoms with Crippen molar-refractivity contribution in [3.63, 3.8) is 0 Å². The van der Waals surface area contributed by atoms with Crippen molar-refractivity contribution in [1.82, 2.24) is 15.6 Å². The van der Waals surface area contributed by atoms with Crippen molar-refractivity contribution in [3.05, 3.63) is 29.3 Å². The average molecular weight is 315 g/mol. The lowest BCUT2D eigenvalue weighted by molar-refractivity contribution is -0.122. The minimum Gasteiger partial charge on any atom is -0.350 e. The van der Waals surface area contributed by atoms with Gasteiger partial charge in [-0.15, -0.1) is 11.3 Å². The van der Waals surface area contributed by atoms with E-state index in [9.17, 15) is 4.79 Å². The quantitative estimate of drug-likeness (QED) is 0.912. The Morgan fingerprint density at radius 3 is 2.82 bits per heavy atom. The van der Waals surface area contributed by atoms with Gasteiger partial charge in [0.1, 0.15) is 5.01 Å². The number of thiazole rings is 1. The first kappa shape index (κ1) is 14.2. The summed E-state index contributed by atoms with van der Waals surface area (Å²) in [6.45, 7) is 0.552. The number of para-hydroxylation sites is 1. The molecular weight excluding hydrogens is 294 g/mol. The molecule has 2 bridgehead atoms. The molecule has 22 heavy (non-hydrogen) atoms. The van der Waals surface area contributed by atoms with Gasteiger partial charge in [0.25, 0.3) is 0 Å². The maximum atomic E-state index is 12.2. The highest BCUT2D eigenvalue weighted by Gasteiger charge is 2.34. The largest absolute Gasteiger partial charge is 0.350 e. The minimum absolute atomic E-state index is 0.172. The van der Waals surface area contributed by atoms with E-state index in [1.54, 1.807) is 11.3 Å². The molecule has 2 saturated heterocycles. The zero-order valence-electron chi connectivity index (χ0n) is 12.5. The van der Waals surface area contributed by atoms with Crippen LogP contribution in [0.5, 0.6) is 0 Å². The average Bonchev–Trinajstić information content (AvgIpc) is 3.08. The van der Waals surface area contributed by atoms with Crippen LogP contribution >= 0.6 is 11.3 Å². The van der Waals surface area contributed by atoms with Gasteiger partial charge in [-0.1, -0.05) is 12.1 Å². The van der Waals surface area contributed by atoms with Crippen molar-refractivity contribution < 1.29 is 4.79 Å². The lowest BCUT2D eigenvalue weighted by Crippen LogP contribution is -2.39. The molecule has 2 unspecified atom stereocenters. The first-order chi connectivity index (χ1) is 10.8. The molecule has 1 amide bonds. The van der Waals surface area contributed by atoms with E-state index in [1.165, 1.54) is 17.5 Å². The Bertz CT molecular complexity index is 638. The molecule has 4 nitrogen and oxygen atoms in total.